The highest BCUT2D eigenvalue weighted by Crippen LogP contribution is 1.96. The van der Waals surface area contributed by atoms with Gasteiger partial charge in [0.15, 0.2) is 0 Å². The Balaban J connectivity index is 0. The molecular weight excluding hydrogens is 294 g/mol. The summed E-state index contributed by atoms with van der Waals surface area (Å²) in [5.74, 6) is -0.638. The molecule has 0 aliphatic carbocycles. The maximum atomic E-state index is 11.6. The summed E-state index contributed by atoms with van der Waals surface area (Å²) >= 11 is 0. The minimum atomic E-state index is -2.82. The van der Waals surface area contributed by atoms with Gasteiger partial charge in [0.05, 0.1) is 13.0 Å². The van der Waals surface area contributed by atoms with Crippen LogP contribution in [0.5, 0.6) is 0 Å². The van der Waals surface area contributed by atoms with Crippen molar-refractivity contribution in [1.82, 2.24) is 5.32 Å². The van der Waals surface area contributed by atoms with E-state index < -0.39 is 6.61 Å². The predicted octanol–water partition coefficient (Wildman–Crippen LogP) is 2.30. The monoisotopic (exact) mass is 318 g/mol. The summed E-state index contributed by atoms with van der Waals surface area (Å²) in [6.07, 6.45) is 9.35. The van der Waals surface area contributed by atoms with Crippen molar-refractivity contribution in [3.05, 3.63) is 36.0 Å². The first kappa shape index (κ1) is 22.3. The summed E-state index contributed by atoms with van der Waals surface area (Å²) in [6.45, 7) is 2.40. The zero-order valence-corrected chi connectivity index (χ0v) is 13.1. The normalized spacial score (nSPS) is 11.6. The highest BCUT2D eigenvalue weighted by atomic mass is 19.3. The van der Waals surface area contributed by atoms with Crippen molar-refractivity contribution in [1.29, 1.82) is 0 Å². The van der Waals surface area contributed by atoms with E-state index in [9.17, 15) is 18.4 Å². The number of primary amides is 1. The van der Waals surface area contributed by atoms with Crippen LogP contribution in [0, 0.1) is 0 Å². The van der Waals surface area contributed by atoms with Crippen LogP contribution in [0.25, 0.3) is 0 Å². The lowest BCUT2D eigenvalue weighted by atomic mass is 10.2. The van der Waals surface area contributed by atoms with Crippen molar-refractivity contribution in [2.75, 3.05) is 13.2 Å². The van der Waals surface area contributed by atoms with E-state index in [2.05, 4.69) is 15.8 Å². The SMILES string of the molecule is CC(N)=O.C\C=C/C=C\C=C(/C)CNC(=O)CCOC(F)F. The molecule has 0 heterocycles. The molecule has 0 aromatic heterocycles. The number of nitrogens with one attached hydrogen (secondary N) is 1. The zero-order chi connectivity index (χ0) is 17.4. The van der Waals surface area contributed by atoms with Gasteiger partial charge in [-0.25, -0.2) is 0 Å². The average molecular weight is 318 g/mol. The lowest BCUT2D eigenvalue weighted by Crippen LogP contribution is -2.26. The summed E-state index contributed by atoms with van der Waals surface area (Å²) in [5, 5.41) is 2.61. The van der Waals surface area contributed by atoms with Gasteiger partial charge >= 0.3 is 6.61 Å². The lowest BCUT2D eigenvalue weighted by molar-refractivity contribution is -0.138. The maximum absolute atomic E-state index is 11.6. The van der Waals surface area contributed by atoms with Crippen LogP contribution in [0.1, 0.15) is 27.2 Å². The van der Waals surface area contributed by atoms with Gasteiger partial charge in [-0.2, -0.15) is 8.78 Å². The summed E-state index contributed by atoms with van der Waals surface area (Å²) in [4.78, 5) is 20.4. The third-order valence-corrected chi connectivity index (χ3v) is 1.93. The van der Waals surface area contributed by atoms with E-state index in [0.717, 1.165) is 5.57 Å². The van der Waals surface area contributed by atoms with Crippen LogP contribution in [-0.2, 0) is 14.3 Å². The van der Waals surface area contributed by atoms with Gasteiger partial charge in [0.2, 0.25) is 11.8 Å². The van der Waals surface area contributed by atoms with Gasteiger partial charge in [-0.1, -0.05) is 36.0 Å². The van der Waals surface area contributed by atoms with Crippen LogP contribution in [0.2, 0.25) is 0 Å². The molecule has 0 saturated heterocycles. The number of alkyl halides is 2. The molecule has 0 aromatic carbocycles. The van der Waals surface area contributed by atoms with Gasteiger partial charge < -0.3 is 15.8 Å². The minimum absolute atomic E-state index is 0.0635. The largest absolute Gasteiger partial charge is 0.370 e. The molecule has 126 valence electrons. The second kappa shape index (κ2) is 15.4. The molecule has 7 heteroatoms. The van der Waals surface area contributed by atoms with Gasteiger partial charge in [-0.05, 0) is 13.8 Å². The number of carbonyl (C=O) groups is 2. The van der Waals surface area contributed by atoms with Crippen LogP contribution in [0.15, 0.2) is 36.0 Å². The van der Waals surface area contributed by atoms with Crippen molar-refractivity contribution in [3.8, 4) is 0 Å². The molecular formula is C15H24F2N2O3. The number of ether oxygens (including phenoxy) is 1. The fraction of sp³-hybridized carbons (Fsp3) is 0.467. The Morgan fingerprint density at radius 2 is 1.82 bits per heavy atom. The van der Waals surface area contributed by atoms with Crippen molar-refractivity contribution < 1.29 is 23.1 Å². The molecule has 5 nitrogen and oxygen atoms in total. The molecule has 0 rings (SSSR count). The summed E-state index contributed by atoms with van der Waals surface area (Å²) < 4.78 is 27.2. The van der Waals surface area contributed by atoms with Gasteiger partial charge in [0.1, 0.15) is 0 Å². The second-order valence-electron chi connectivity index (χ2n) is 4.19. The highest BCUT2D eigenvalue weighted by Gasteiger charge is 2.04. The fourth-order valence-corrected chi connectivity index (χ4v) is 1.02. The number of nitrogens with two attached hydrogens (primary N) is 1. The van der Waals surface area contributed by atoms with Crippen molar-refractivity contribution in [3.63, 3.8) is 0 Å². The van der Waals surface area contributed by atoms with Gasteiger partial charge in [-0.3, -0.25) is 9.59 Å². The molecule has 0 aromatic rings. The summed E-state index contributed by atoms with van der Waals surface area (Å²) in [7, 11) is 0. The van der Waals surface area contributed by atoms with Crippen LogP contribution in [0.3, 0.4) is 0 Å². The topological polar surface area (TPSA) is 81.4 Å². The molecule has 2 amide bonds. The number of hydrogen-bond acceptors (Lipinski definition) is 3. The van der Waals surface area contributed by atoms with E-state index in [1.54, 1.807) is 0 Å². The Bertz CT molecular complexity index is 402. The Morgan fingerprint density at radius 3 is 2.32 bits per heavy atom. The van der Waals surface area contributed by atoms with Crippen LogP contribution >= 0.6 is 0 Å². The number of hydrogen-bond donors (Lipinski definition) is 2. The first-order valence-electron chi connectivity index (χ1n) is 6.67. The smallest absolute Gasteiger partial charge is 0.345 e. The van der Waals surface area contributed by atoms with Crippen LogP contribution < -0.4 is 11.1 Å². The molecule has 0 saturated carbocycles. The molecule has 3 N–H and O–H groups in total. The van der Waals surface area contributed by atoms with E-state index in [0.29, 0.717) is 6.54 Å². The molecule has 0 spiro atoms. The molecule has 0 atom stereocenters. The third kappa shape index (κ3) is 23.1. The minimum Gasteiger partial charge on any atom is -0.370 e. The van der Waals surface area contributed by atoms with E-state index in [-0.39, 0.29) is 24.8 Å². The Hall–Kier alpha value is -2.02. The maximum Gasteiger partial charge on any atom is 0.345 e. The van der Waals surface area contributed by atoms with Crippen LogP contribution in [-0.4, -0.2) is 31.6 Å². The summed E-state index contributed by atoms with van der Waals surface area (Å²) in [5.41, 5.74) is 5.44. The van der Waals surface area contributed by atoms with E-state index in [1.807, 2.05) is 44.2 Å². The Kier molecular flexibility index (Phi) is 15.6. The first-order chi connectivity index (χ1) is 10.3. The number of allylic oxidation sites excluding steroid dienone is 5. The number of halogens is 2. The lowest BCUT2D eigenvalue weighted by Gasteiger charge is -2.05. The van der Waals surface area contributed by atoms with Crippen molar-refractivity contribution in [2.45, 2.75) is 33.8 Å². The number of amides is 2. The molecule has 0 bridgehead atoms. The molecule has 0 unspecified atom stereocenters. The fourth-order valence-electron chi connectivity index (χ4n) is 1.02. The van der Waals surface area contributed by atoms with E-state index >= 15 is 0 Å². The number of carbonyl (C=O) groups excluding carboxylic acids is 2. The molecule has 0 aliphatic rings. The molecule has 0 fully saturated rings. The van der Waals surface area contributed by atoms with E-state index in [1.165, 1.54) is 6.92 Å². The Morgan fingerprint density at radius 1 is 1.23 bits per heavy atom. The van der Waals surface area contributed by atoms with Crippen molar-refractivity contribution >= 4 is 11.8 Å². The molecule has 0 aliphatic heterocycles. The van der Waals surface area contributed by atoms with Crippen LogP contribution in [0.4, 0.5) is 8.78 Å². The quantitative estimate of drug-likeness (QED) is 0.674. The summed E-state index contributed by atoms with van der Waals surface area (Å²) in [6, 6.07) is 0. The first-order valence-corrected chi connectivity index (χ1v) is 6.67. The average Bonchev–Trinajstić information content (AvgIpc) is 2.40. The van der Waals surface area contributed by atoms with E-state index in [4.69, 9.17) is 0 Å². The van der Waals surface area contributed by atoms with Gasteiger partial charge in [-0.15, -0.1) is 0 Å². The predicted molar refractivity (Wildman–Crippen MR) is 82.2 cm³/mol. The Labute approximate surface area is 129 Å². The molecule has 22 heavy (non-hydrogen) atoms. The third-order valence-electron chi connectivity index (χ3n) is 1.93. The standard InChI is InChI=1S/C13H19F2NO2.C2H5NO/c1-3-4-5-6-7-11(2)10-16-12(17)8-9-18-13(14)15;1-2(3)4/h3-7,13H,8-10H2,1-2H3,(H,16,17);1H3,(H2,3,4)/b4-3-,6-5-,11-7+;. The van der Waals surface area contributed by atoms with Gasteiger partial charge in [0.25, 0.3) is 0 Å². The van der Waals surface area contributed by atoms with Crippen molar-refractivity contribution in [2.24, 2.45) is 5.73 Å². The highest BCUT2D eigenvalue weighted by molar-refractivity contribution is 5.76. The van der Waals surface area contributed by atoms with Gasteiger partial charge in [0, 0.05) is 13.5 Å². The molecule has 0 radical (unpaired) electrons. The number of rotatable bonds is 8. The zero-order valence-electron chi connectivity index (χ0n) is 13.1. The second-order valence-corrected chi connectivity index (χ2v) is 4.19.